The first-order valence-corrected chi connectivity index (χ1v) is 17.5. The molecule has 0 aliphatic rings. The highest BCUT2D eigenvalue weighted by Gasteiger charge is 2.74. The molecule has 0 fully saturated rings. The van der Waals surface area contributed by atoms with Gasteiger partial charge >= 0.3 is 66.8 Å². The molecule has 0 spiro atoms. The highest BCUT2D eigenvalue weighted by atomic mass is 19.4. The van der Waals surface area contributed by atoms with Crippen molar-refractivity contribution in [3.63, 3.8) is 0 Å². The van der Waals surface area contributed by atoms with E-state index in [9.17, 15) is 158 Å². The van der Waals surface area contributed by atoms with Gasteiger partial charge in [0.25, 0.3) is 5.92 Å². The van der Waals surface area contributed by atoms with Gasteiger partial charge in [0, 0.05) is 41.7 Å². The number of hydrogen-bond donors (Lipinski definition) is 0. The molecule has 1 unspecified atom stereocenters. The second kappa shape index (κ2) is 46.6. The fraction of sp³-hybridized carbons (Fsp3) is 1.00. The van der Waals surface area contributed by atoms with Gasteiger partial charge in [0.05, 0.1) is 48.2 Å². The summed E-state index contributed by atoms with van der Waals surface area (Å²) in [7, 11) is 2.46. The maximum atomic E-state index is 12.3. The normalized spacial score (nSPS) is 12.5. The van der Waals surface area contributed by atoms with Crippen LogP contribution in [0.15, 0.2) is 0 Å². The van der Waals surface area contributed by atoms with Crippen LogP contribution < -0.4 is 0 Å². The predicted octanol–water partition coefficient (Wildman–Crippen LogP) is 17.9. The minimum atomic E-state index is -6.39. The average molecular weight is 1200 g/mol. The van der Waals surface area contributed by atoms with E-state index in [2.05, 4.69) is 18.9 Å². The molecule has 0 heterocycles. The molecule has 0 aliphatic carbocycles. The third-order valence-electron chi connectivity index (χ3n) is 3.81. The molecule has 0 saturated heterocycles. The lowest BCUT2D eigenvalue weighted by Gasteiger charge is -2.31. The van der Waals surface area contributed by atoms with Gasteiger partial charge in [0.15, 0.2) is 20.0 Å². The van der Waals surface area contributed by atoms with Crippen LogP contribution >= 0.6 is 0 Å². The Labute approximate surface area is 394 Å². The molecule has 0 aromatic carbocycles. The van der Waals surface area contributed by atoms with Crippen LogP contribution in [0, 0.1) is 0 Å². The molecule has 0 aliphatic heterocycles. The number of alkyl halides is 36. The summed E-state index contributed by atoms with van der Waals surface area (Å²) in [6.45, 7) is -3.58. The summed E-state index contributed by atoms with van der Waals surface area (Å²) in [5.41, 5.74) is 0. The Hall–Kier alpha value is -2.68. The molecule has 1 atom stereocenters. The van der Waals surface area contributed by atoms with E-state index in [1.807, 2.05) is 0 Å². The summed E-state index contributed by atoms with van der Waals surface area (Å²) >= 11 is 0. The molecular formula is C33H54F36O4. The molecule has 0 aromatic rings. The van der Waals surface area contributed by atoms with Gasteiger partial charge in [-0.05, 0) is 27.7 Å². The van der Waals surface area contributed by atoms with E-state index in [0.29, 0.717) is 28.5 Å². The zero-order valence-corrected chi connectivity index (χ0v) is 39.8. The van der Waals surface area contributed by atoms with E-state index < -0.39 is 98.8 Å². The Bertz CT molecular complexity index is 1090. The van der Waals surface area contributed by atoms with Gasteiger partial charge in [0.1, 0.15) is 0 Å². The predicted molar refractivity (Wildman–Crippen MR) is 190 cm³/mol. The zero-order chi connectivity index (χ0) is 63.4. The molecular weight excluding hydrogens is 1140 g/mol. The summed E-state index contributed by atoms with van der Waals surface area (Å²) in [4.78, 5) is 0. The van der Waals surface area contributed by atoms with E-state index in [0.717, 1.165) is 7.11 Å². The number of methoxy groups -OCH3 is 1. The molecule has 40 heteroatoms. The third kappa shape index (κ3) is 73.6. The fourth-order valence-electron chi connectivity index (χ4n) is 1.55. The molecule has 4 nitrogen and oxygen atoms in total. The second-order valence-electron chi connectivity index (χ2n) is 10.7. The third-order valence-corrected chi connectivity index (χ3v) is 3.81. The highest BCUT2D eigenvalue weighted by Crippen LogP contribution is 2.48. The standard InChI is InChI=1S/C6H5F9O.C6H6F8O.C5H5F7O.C3H6F2O.C2H3F3.4C2H5F.3CH3F/c1-3(8,9)16-6(14,15)5(12,13)4(10,11)2-7;1-4(8,9)3(6(12,13)14)15-5(10,11)2-7;1-3(7,8)5(11,12)13-4(9,10)2-6;1-3(4,5)6-2;1-2(3,4)5;4*1-2-3;3*1-2/h2H2,1H3;3H,2H2,1H3;2H2,1H3;1-2H3;1H3;4*2H2,1H3;3*1H3. The number of hydrogen-bond acceptors (Lipinski definition) is 4. The van der Waals surface area contributed by atoms with Crippen molar-refractivity contribution in [2.75, 3.05) is 75.4 Å². The minimum absolute atomic E-state index is 0.188. The summed E-state index contributed by atoms with van der Waals surface area (Å²) in [6.07, 6.45) is -42.9. The molecule has 0 radical (unpaired) electrons. The molecule has 0 amide bonds. The van der Waals surface area contributed by atoms with Crippen molar-refractivity contribution in [1.82, 2.24) is 0 Å². The van der Waals surface area contributed by atoms with Gasteiger partial charge in [-0.3, -0.25) is 40.2 Å². The first-order valence-electron chi connectivity index (χ1n) is 17.5. The van der Waals surface area contributed by atoms with E-state index in [1.165, 1.54) is 27.7 Å². The van der Waals surface area contributed by atoms with Gasteiger partial charge in [-0.15, -0.1) is 0 Å². The Morgan fingerprint density at radius 3 is 0.740 bits per heavy atom. The molecule has 462 valence electrons. The summed E-state index contributed by atoms with van der Waals surface area (Å²) in [6, 6.07) is 0. The topological polar surface area (TPSA) is 36.9 Å². The van der Waals surface area contributed by atoms with Crippen molar-refractivity contribution in [3.8, 4) is 0 Å². The maximum Gasteiger partial charge on any atom is 0.430 e. The Kier molecular flexibility index (Phi) is 63.4. The van der Waals surface area contributed by atoms with E-state index in [-0.39, 0.29) is 54.4 Å². The lowest BCUT2D eigenvalue weighted by atomic mass is 10.1. The first-order chi connectivity index (χ1) is 31.9. The molecule has 0 rings (SSSR count). The first kappa shape index (κ1) is 99.3. The number of ether oxygens (including phenoxy) is 4. The lowest BCUT2D eigenvalue weighted by molar-refractivity contribution is -0.454. The average Bonchev–Trinajstić information content (AvgIpc) is 3.18. The second-order valence-corrected chi connectivity index (χ2v) is 10.7. The number of rotatable bonds is 14. The summed E-state index contributed by atoms with van der Waals surface area (Å²) < 4.78 is 420. The smallest absolute Gasteiger partial charge is 0.324 e. The lowest BCUT2D eigenvalue weighted by Crippen LogP contribution is -2.58. The van der Waals surface area contributed by atoms with Crippen LogP contribution in [0.4, 0.5) is 158 Å². The van der Waals surface area contributed by atoms with Crippen molar-refractivity contribution in [2.45, 2.75) is 141 Å². The van der Waals surface area contributed by atoms with Crippen LogP contribution in [0.1, 0.15) is 62.3 Å². The van der Waals surface area contributed by atoms with Crippen LogP contribution in [0.3, 0.4) is 0 Å². The monoisotopic (exact) mass is 1200 g/mol. The molecule has 73 heavy (non-hydrogen) atoms. The largest absolute Gasteiger partial charge is 0.430 e. The van der Waals surface area contributed by atoms with Crippen LogP contribution in [0.25, 0.3) is 0 Å². The maximum absolute atomic E-state index is 12.3. The van der Waals surface area contributed by atoms with Crippen LogP contribution in [0.2, 0.25) is 0 Å². The Morgan fingerprint density at radius 2 is 0.603 bits per heavy atom. The van der Waals surface area contributed by atoms with Gasteiger partial charge in [0.2, 0.25) is 6.10 Å². The van der Waals surface area contributed by atoms with Crippen LogP contribution in [-0.2, 0) is 18.9 Å². The van der Waals surface area contributed by atoms with E-state index >= 15 is 0 Å². The number of halogens is 36. The minimum Gasteiger partial charge on any atom is -0.324 e. The van der Waals surface area contributed by atoms with Gasteiger partial charge in [-0.2, -0.15) is 105 Å². The van der Waals surface area contributed by atoms with Gasteiger partial charge < -0.3 is 4.74 Å². The van der Waals surface area contributed by atoms with Crippen molar-refractivity contribution in [1.29, 1.82) is 0 Å². The van der Waals surface area contributed by atoms with Crippen molar-refractivity contribution >= 4 is 0 Å². The molecule has 0 N–H and O–H groups in total. The van der Waals surface area contributed by atoms with E-state index in [1.54, 1.807) is 0 Å². The van der Waals surface area contributed by atoms with Crippen molar-refractivity contribution < 1.29 is 177 Å². The van der Waals surface area contributed by atoms with Crippen LogP contribution in [0.5, 0.6) is 0 Å². The molecule has 0 saturated carbocycles. The molecule has 0 bridgehead atoms. The molecule has 0 aromatic heterocycles. The highest BCUT2D eigenvalue weighted by molar-refractivity contribution is 4.92. The van der Waals surface area contributed by atoms with Crippen molar-refractivity contribution in [3.05, 3.63) is 0 Å². The van der Waals surface area contributed by atoms with Crippen LogP contribution in [-0.4, -0.2) is 154 Å². The SMILES string of the molecule is CC(F)(F)C(F)(F)OC(F)(F)CF.CC(F)(F)C(OC(F)(F)CF)C(F)(F)F.CC(F)(F)F.CC(F)(F)OC(F)(F)C(F)(F)C(F)(F)CF.CCF.CCF.CCF.CCF.CF.CF.CF.COC(C)(F)F. The quantitative estimate of drug-likeness (QED) is 0.162. The Balaban J connectivity index is -0.0000000607. The Morgan fingerprint density at radius 1 is 0.370 bits per heavy atom. The van der Waals surface area contributed by atoms with Gasteiger partial charge in [-0.1, -0.05) is 0 Å². The van der Waals surface area contributed by atoms with E-state index in [4.69, 9.17) is 0 Å². The summed E-state index contributed by atoms with van der Waals surface area (Å²) in [5, 5.41) is 0. The van der Waals surface area contributed by atoms with Gasteiger partial charge in [-0.25, -0.2) is 26.7 Å². The zero-order valence-electron chi connectivity index (χ0n) is 39.8. The summed E-state index contributed by atoms with van der Waals surface area (Å²) in [5.74, 6) is -21.6. The fourth-order valence-corrected chi connectivity index (χ4v) is 1.55. The van der Waals surface area contributed by atoms with Crippen molar-refractivity contribution in [2.24, 2.45) is 0 Å².